The number of hydrogen-bond acceptors (Lipinski definition) is 4. The Balaban J connectivity index is -0.0000000400. The summed E-state index contributed by atoms with van der Waals surface area (Å²) in [6.45, 7) is 0. The van der Waals surface area contributed by atoms with Crippen LogP contribution in [0.1, 0.15) is 0 Å². The van der Waals surface area contributed by atoms with Crippen LogP contribution in [-0.4, -0.2) is 10.2 Å². The first-order chi connectivity index (χ1) is 2.83. The summed E-state index contributed by atoms with van der Waals surface area (Å²) in [5.41, 5.74) is 0. The van der Waals surface area contributed by atoms with Gasteiger partial charge in [0.05, 0.1) is 0 Å². The number of hydrogen-bond donors (Lipinski definition) is 2. The minimum atomic E-state index is 0. The molecule has 0 bridgehead atoms. The van der Waals surface area contributed by atoms with E-state index in [-0.39, 0.29) is 19.5 Å². The van der Waals surface area contributed by atoms with Crippen LogP contribution < -0.4 is 0 Å². The van der Waals surface area contributed by atoms with Gasteiger partial charge >= 0.3 is 0 Å². The molecule has 5 heteroatoms. The topological polar surface area (TPSA) is 88.0 Å². The van der Waals surface area contributed by atoms with E-state index >= 15 is 0 Å². The summed E-state index contributed by atoms with van der Waals surface area (Å²) >= 11 is 0. The fraction of sp³-hybridized carbons (Fsp3) is 0. The minimum Gasteiger partial charge on any atom is -0.443 e. The first kappa shape index (κ1) is 16.4. The van der Waals surface area contributed by atoms with Crippen molar-refractivity contribution in [1.82, 2.24) is 0 Å². The summed E-state index contributed by atoms with van der Waals surface area (Å²) < 4.78 is 0. The van der Waals surface area contributed by atoms with Crippen LogP contribution in [0.25, 0.3) is 0 Å². The Morgan fingerprint density at radius 1 is 1.00 bits per heavy atom. The third-order valence-corrected chi connectivity index (χ3v) is 0. The molecule has 0 rings (SSSR count). The molecule has 0 saturated carbocycles. The summed E-state index contributed by atoms with van der Waals surface area (Å²) in [4.78, 5) is 0. The second-order valence-corrected chi connectivity index (χ2v) is 0.200. The Labute approximate surface area is 53.4 Å². The third kappa shape index (κ3) is 84.1. The Hall–Kier alpha value is -0.797. The Bertz CT molecular complexity index is 68.7. The van der Waals surface area contributed by atoms with Crippen molar-refractivity contribution in [2.75, 3.05) is 0 Å². The van der Waals surface area contributed by atoms with E-state index in [1.807, 2.05) is 0 Å². The second-order valence-electron chi connectivity index (χ2n) is 0.200. The number of nitrogens with zero attached hydrogens (tertiary/aromatic N) is 2. The zero-order valence-corrected chi connectivity index (χ0v) is 6.46. The maximum Gasteiger partial charge on any atom is 0.283 e. The second kappa shape index (κ2) is 63.5. The predicted octanol–water partition coefficient (Wildman–Crippen LogP) is -0.323. The number of rotatable bonds is 0. The van der Waals surface area contributed by atoms with E-state index in [4.69, 9.17) is 20.7 Å². The number of nitriles is 2. The summed E-state index contributed by atoms with van der Waals surface area (Å²) in [6.07, 6.45) is 1.50. The average molecular weight is 151 g/mol. The van der Waals surface area contributed by atoms with Crippen molar-refractivity contribution in [3.8, 4) is 12.5 Å². The average Bonchev–Trinajstić information content (AvgIpc) is 1.39. The molecule has 0 heterocycles. The molecule has 4 nitrogen and oxygen atoms in total. The summed E-state index contributed by atoms with van der Waals surface area (Å²) in [5.74, 6) is 0. The van der Waals surface area contributed by atoms with Gasteiger partial charge < -0.3 is 10.2 Å². The SMILES string of the molecule is N#CO.N#CO.[Zn]. The van der Waals surface area contributed by atoms with Crippen molar-refractivity contribution in [3.63, 3.8) is 0 Å². The predicted molar refractivity (Wildman–Crippen MR) is 15.1 cm³/mol. The normalized spacial score (nSPS) is 2.00. The standard InChI is InChI=1S/2CHNO.Zn/c2*2-1-3;/h2*3H;. The monoisotopic (exact) mass is 150 g/mol. The zero-order chi connectivity index (χ0) is 5.41. The Morgan fingerprint density at radius 3 is 1.00 bits per heavy atom. The molecule has 0 aromatic heterocycles. The summed E-state index contributed by atoms with van der Waals surface area (Å²) in [7, 11) is 0. The fourth-order valence-corrected chi connectivity index (χ4v) is 0. The van der Waals surface area contributed by atoms with Crippen molar-refractivity contribution in [3.05, 3.63) is 0 Å². The molecule has 0 fully saturated rings. The number of aliphatic hydroxyl groups is 2. The van der Waals surface area contributed by atoms with Crippen LogP contribution in [0.3, 0.4) is 0 Å². The molecule has 34 valence electrons. The van der Waals surface area contributed by atoms with Gasteiger partial charge in [0, 0.05) is 19.5 Å². The van der Waals surface area contributed by atoms with Gasteiger partial charge in [-0.3, -0.25) is 0 Å². The van der Waals surface area contributed by atoms with Crippen LogP contribution in [0.4, 0.5) is 0 Å². The molecule has 0 aliphatic heterocycles. The molecule has 0 radical (unpaired) electrons. The van der Waals surface area contributed by atoms with Crippen LogP contribution in [0, 0.1) is 23.0 Å². The Kier molecular flexibility index (Phi) is 148. The van der Waals surface area contributed by atoms with Crippen LogP contribution in [-0.2, 0) is 19.5 Å². The molecular weight excluding hydrogens is 149 g/mol. The van der Waals surface area contributed by atoms with Crippen LogP contribution >= 0.6 is 0 Å². The summed E-state index contributed by atoms with van der Waals surface area (Å²) in [6, 6.07) is 0. The smallest absolute Gasteiger partial charge is 0.283 e. The third-order valence-electron chi connectivity index (χ3n) is 0. The van der Waals surface area contributed by atoms with E-state index in [1.165, 1.54) is 0 Å². The first-order valence-electron chi connectivity index (χ1n) is 0.894. The molecule has 0 unspecified atom stereocenters. The minimum absolute atomic E-state index is 0. The van der Waals surface area contributed by atoms with Crippen molar-refractivity contribution in [2.45, 2.75) is 0 Å². The Morgan fingerprint density at radius 2 is 1.00 bits per heavy atom. The van der Waals surface area contributed by atoms with E-state index in [1.54, 1.807) is 0 Å². The molecule has 0 aliphatic rings. The van der Waals surface area contributed by atoms with Crippen LogP contribution in [0.15, 0.2) is 0 Å². The molecule has 0 amide bonds. The largest absolute Gasteiger partial charge is 0.443 e. The molecule has 0 spiro atoms. The molecule has 0 atom stereocenters. The molecule has 0 aromatic carbocycles. The van der Waals surface area contributed by atoms with Crippen molar-refractivity contribution >= 4 is 0 Å². The van der Waals surface area contributed by atoms with E-state index in [0.717, 1.165) is 12.5 Å². The van der Waals surface area contributed by atoms with Crippen molar-refractivity contribution in [2.24, 2.45) is 0 Å². The van der Waals surface area contributed by atoms with Gasteiger partial charge in [-0.25, -0.2) is 0 Å². The molecule has 2 N–H and O–H groups in total. The summed E-state index contributed by atoms with van der Waals surface area (Å²) in [5, 5.41) is 27.5. The van der Waals surface area contributed by atoms with Crippen LogP contribution in [0.5, 0.6) is 0 Å². The molecule has 0 saturated heterocycles. The first-order valence-corrected chi connectivity index (χ1v) is 0.894. The van der Waals surface area contributed by atoms with Crippen molar-refractivity contribution < 1.29 is 29.7 Å². The van der Waals surface area contributed by atoms with E-state index < -0.39 is 0 Å². The zero-order valence-electron chi connectivity index (χ0n) is 3.50. The van der Waals surface area contributed by atoms with E-state index in [9.17, 15) is 0 Å². The maximum absolute atomic E-state index is 6.88. The van der Waals surface area contributed by atoms with Gasteiger partial charge in [-0.1, -0.05) is 0 Å². The van der Waals surface area contributed by atoms with E-state index in [0.29, 0.717) is 0 Å². The molecule has 7 heavy (non-hydrogen) atoms. The fourth-order valence-electron chi connectivity index (χ4n) is 0. The maximum atomic E-state index is 6.88. The van der Waals surface area contributed by atoms with Crippen molar-refractivity contribution in [1.29, 1.82) is 10.5 Å². The van der Waals surface area contributed by atoms with Gasteiger partial charge in [-0.2, -0.15) is 10.5 Å². The molecular formula is C2H2N2O2Zn. The van der Waals surface area contributed by atoms with Gasteiger partial charge in [0.15, 0.2) is 0 Å². The number of aliphatic hydroxyl groups excluding tert-OH is 2. The van der Waals surface area contributed by atoms with Gasteiger partial charge in [0.25, 0.3) is 12.5 Å². The van der Waals surface area contributed by atoms with E-state index in [2.05, 4.69) is 0 Å². The van der Waals surface area contributed by atoms with Gasteiger partial charge in [-0.05, 0) is 0 Å². The molecule has 0 aromatic rings. The van der Waals surface area contributed by atoms with Gasteiger partial charge in [0.2, 0.25) is 0 Å². The van der Waals surface area contributed by atoms with Gasteiger partial charge in [-0.15, -0.1) is 0 Å². The quantitative estimate of drug-likeness (QED) is 0.367. The van der Waals surface area contributed by atoms with Gasteiger partial charge in [0.1, 0.15) is 0 Å². The molecule has 0 aliphatic carbocycles. The van der Waals surface area contributed by atoms with Crippen LogP contribution in [0.2, 0.25) is 0 Å².